The Kier molecular flexibility index (Phi) is 13.3. The molecule has 0 aliphatic heterocycles. The summed E-state index contributed by atoms with van der Waals surface area (Å²) >= 11 is 0. The third-order valence-corrected chi connectivity index (χ3v) is 6.49. The van der Waals surface area contributed by atoms with Crippen LogP contribution in [0.4, 0.5) is 0 Å². The molecule has 0 unspecified atom stereocenters. The van der Waals surface area contributed by atoms with Crippen LogP contribution in [0.5, 0.6) is 5.75 Å². The minimum absolute atomic E-state index is 0.857. The fourth-order valence-corrected chi connectivity index (χ4v) is 4.31. The van der Waals surface area contributed by atoms with Crippen LogP contribution in [0.3, 0.4) is 0 Å². The number of hydrogen-bond donors (Lipinski definition) is 0. The zero-order chi connectivity index (χ0) is 21.6. The van der Waals surface area contributed by atoms with E-state index in [0.29, 0.717) is 0 Å². The second kappa shape index (κ2) is 14.9. The SMILES string of the molecule is CC(=CCc1c(C)cccc1O[Si])CCC[C@H](C)CCC[C@H](C)CCCC(C)C. The van der Waals surface area contributed by atoms with Gasteiger partial charge in [0.15, 0.2) is 0 Å². The van der Waals surface area contributed by atoms with Crippen LogP contribution in [-0.2, 0) is 6.42 Å². The van der Waals surface area contributed by atoms with E-state index in [1.807, 2.05) is 12.1 Å². The van der Waals surface area contributed by atoms with E-state index < -0.39 is 0 Å². The highest BCUT2D eigenvalue weighted by atomic mass is 28.2. The van der Waals surface area contributed by atoms with E-state index in [-0.39, 0.29) is 0 Å². The molecule has 0 aromatic heterocycles. The van der Waals surface area contributed by atoms with Gasteiger partial charge in [-0.1, -0.05) is 96.4 Å². The maximum atomic E-state index is 5.33. The van der Waals surface area contributed by atoms with E-state index in [1.54, 1.807) is 0 Å². The van der Waals surface area contributed by atoms with Crippen LogP contribution in [0.25, 0.3) is 0 Å². The molecule has 0 bridgehead atoms. The first-order chi connectivity index (χ1) is 13.8. The topological polar surface area (TPSA) is 9.23 Å². The molecule has 0 saturated heterocycles. The number of rotatable bonds is 15. The fraction of sp³-hybridized carbons (Fsp3) is 0.704. The highest BCUT2D eigenvalue weighted by Gasteiger charge is 2.07. The van der Waals surface area contributed by atoms with Gasteiger partial charge < -0.3 is 4.43 Å². The third-order valence-electron chi connectivity index (χ3n) is 6.27. The molecule has 0 N–H and O–H groups in total. The molecular weight excluding hydrogens is 368 g/mol. The molecule has 1 nitrogen and oxygen atoms in total. The molecule has 163 valence electrons. The average Bonchev–Trinajstić information content (AvgIpc) is 2.66. The molecule has 1 aromatic rings. The number of allylic oxidation sites excluding steroid dienone is 2. The lowest BCUT2D eigenvalue weighted by Crippen LogP contribution is -2.00. The fourth-order valence-electron chi connectivity index (χ4n) is 4.12. The minimum Gasteiger partial charge on any atom is -0.540 e. The third kappa shape index (κ3) is 11.7. The van der Waals surface area contributed by atoms with Crippen LogP contribution in [0.1, 0.15) is 104 Å². The molecule has 0 spiro atoms. The Morgan fingerprint density at radius 2 is 1.52 bits per heavy atom. The molecule has 3 radical (unpaired) electrons. The zero-order valence-corrected chi connectivity index (χ0v) is 21.0. The molecule has 0 aliphatic rings. The minimum atomic E-state index is 0.857. The van der Waals surface area contributed by atoms with Crippen LogP contribution in [0.15, 0.2) is 29.8 Å². The molecule has 0 amide bonds. The van der Waals surface area contributed by atoms with Crippen LogP contribution in [0, 0.1) is 24.7 Å². The lowest BCUT2D eigenvalue weighted by Gasteiger charge is -2.15. The summed E-state index contributed by atoms with van der Waals surface area (Å²) in [5.74, 6) is 3.55. The van der Waals surface area contributed by atoms with Crippen molar-refractivity contribution in [3.05, 3.63) is 41.0 Å². The second-order valence-corrected chi connectivity index (χ2v) is 9.97. The van der Waals surface area contributed by atoms with Gasteiger partial charge in [0.2, 0.25) is 0 Å². The standard InChI is InChI=1S/C27H45OSi/c1-21(2)11-7-12-22(3)13-8-14-23(4)15-9-16-24(5)19-20-26-25(6)17-10-18-27(26)28-29/h10,17-19,21-23H,7-9,11-16,20H2,1-6H3/t22-,23-/m1/s1. The van der Waals surface area contributed by atoms with Crippen LogP contribution in [0.2, 0.25) is 0 Å². The van der Waals surface area contributed by atoms with Gasteiger partial charge in [-0.2, -0.15) is 0 Å². The average molecular weight is 414 g/mol. The van der Waals surface area contributed by atoms with Crippen LogP contribution in [-0.4, -0.2) is 10.5 Å². The lowest BCUT2D eigenvalue weighted by atomic mass is 9.91. The summed E-state index contributed by atoms with van der Waals surface area (Å²) in [6.45, 7) is 14.0. The Labute approximate surface area is 185 Å². The van der Waals surface area contributed by atoms with Crippen LogP contribution < -0.4 is 4.43 Å². The molecule has 2 atom stereocenters. The van der Waals surface area contributed by atoms with Gasteiger partial charge in [0.05, 0.1) is 0 Å². The van der Waals surface area contributed by atoms with Crippen molar-refractivity contribution in [3.63, 3.8) is 0 Å². The van der Waals surface area contributed by atoms with Crippen molar-refractivity contribution in [2.45, 2.75) is 106 Å². The predicted molar refractivity (Wildman–Crippen MR) is 130 cm³/mol. The highest BCUT2D eigenvalue weighted by molar-refractivity contribution is 6.00. The maximum absolute atomic E-state index is 5.33. The van der Waals surface area contributed by atoms with E-state index in [2.05, 4.69) is 64.2 Å². The van der Waals surface area contributed by atoms with Gasteiger partial charge in [-0.3, -0.25) is 0 Å². The Morgan fingerprint density at radius 3 is 2.10 bits per heavy atom. The molecule has 0 saturated carbocycles. The van der Waals surface area contributed by atoms with Gasteiger partial charge in [0.25, 0.3) is 0 Å². The first-order valence-electron chi connectivity index (χ1n) is 11.9. The summed E-state index contributed by atoms with van der Waals surface area (Å²) in [7, 11) is 3.18. The first-order valence-corrected chi connectivity index (χ1v) is 12.3. The van der Waals surface area contributed by atoms with Crippen molar-refractivity contribution in [2.24, 2.45) is 17.8 Å². The van der Waals surface area contributed by atoms with Crippen molar-refractivity contribution < 1.29 is 4.43 Å². The lowest BCUT2D eigenvalue weighted by molar-refractivity contribution is 0.389. The summed E-state index contributed by atoms with van der Waals surface area (Å²) in [6.07, 6.45) is 15.6. The first kappa shape index (κ1) is 26.0. The molecule has 0 heterocycles. The summed E-state index contributed by atoms with van der Waals surface area (Å²) in [5.41, 5.74) is 4.06. The summed E-state index contributed by atoms with van der Waals surface area (Å²) in [6, 6.07) is 6.21. The molecule has 1 aromatic carbocycles. The van der Waals surface area contributed by atoms with Crippen LogP contribution >= 0.6 is 0 Å². The molecule has 2 heteroatoms. The molecular formula is C27H45OSi. The maximum Gasteiger partial charge on any atom is 0.341 e. The molecule has 0 aliphatic carbocycles. The van der Waals surface area contributed by atoms with Gasteiger partial charge in [-0.25, -0.2) is 0 Å². The van der Waals surface area contributed by atoms with E-state index in [4.69, 9.17) is 4.43 Å². The Bertz CT molecular complexity index is 590. The number of aryl methyl sites for hydroxylation is 1. The summed E-state index contributed by atoms with van der Waals surface area (Å²) in [4.78, 5) is 0. The largest absolute Gasteiger partial charge is 0.540 e. The van der Waals surface area contributed by atoms with E-state index in [9.17, 15) is 0 Å². The normalized spacial score (nSPS) is 14.3. The molecule has 29 heavy (non-hydrogen) atoms. The van der Waals surface area contributed by atoms with Gasteiger partial charge in [-0.15, -0.1) is 0 Å². The van der Waals surface area contributed by atoms with Crippen molar-refractivity contribution in [3.8, 4) is 5.75 Å². The number of hydrogen-bond acceptors (Lipinski definition) is 1. The van der Waals surface area contributed by atoms with Gasteiger partial charge in [0, 0.05) is 0 Å². The molecule has 1 rings (SSSR count). The van der Waals surface area contributed by atoms with Crippen molar-refractivity contribution in [1.82, 2.24) is 0 Å². The van der Waals surface area contributed by atoms with E-state index in [0.717, 1.165) is 29.9 Å². The van der Waals surface area contributed by atoms with E-state index in [1.165, 1.54) is 74.5 Å². The molecule has 0 fully saturated rings. The van der Waals surface area contributed by atoms with Crippen molar-refractivity contribution in [1.29, 1.82) is 0 Å². The predicted octanol–water partition coefficient (Wildman–Crippen LogP) is 8.39. The monoisotopic (exact) mass is 413 g/mol. The Morgan fingerprint density at radius 1 is 0.931 bits per heavy atom. The zero-order valence-electron chi connectivity index (χ0n) is 20.0. The van der Waals surface area contributed by atoms with E-state index >= 15 is 0 Å². The van der Waals surface area contributed by atoms with Crippen molar-refractivity contribution >= 4 is 10.5 Å². The highest BCUT2D eigenvalue weighted by Crippen LogP contribution is 2.24. The van der Waals surface area contributed by atoms with Gasteiger partial charge in [-0.05, 0) is 68.1 Å². The Balaban J connectivity index is 2.22. The summed E-state index contributed by atoms with van der Waals surface area (Å²) in [5, 5.41) is 0. The summed E-state index contributed by atoms with van der Waals surface area (Å²) < 4.78 is 5.33. The van der Waals surface area contributed by atoms with Crippen molar-refractivity contribution in [2.75, 3.05) is 0 Å². The van der Waals surface area contributed by atoms with Gasteiger partial charge >= 0.3 is 10.5 Å². The second-order valence-electron chi connectivity index (χ2n) is 9.77. The quantitative estimate of drug-likeness (QED) is 0.207. The number of benzene rings is 1. The smallest absolute Gasteiger partial charge is 0.341 e. The van der Waals surface area contributed by atoms with Gasteiger partial charge in [0.1, 0.15) is 5.75 Å². The Hall–Kier alpha value is -1.02.